The van der Waals surface area contributed by atoms with E-state index in [1.54, 1.807) is 24.0 Å². The van der Waals surface area contributed by atoms with Gasteiger partial charge in [0, 0.05) is 38.1 Å². The Bertz CT molecular complexity index is 701. The molecule has 24 heavy (non-hydrogen) atoms. The highest BCUT2D eigenvalue weighted by Crippen LogP contribution is 2.17. The molecule has 0 radical (unpaired) electrons. The van der Waals surface area contributed by atoms with Gasteiger partial charge in [0.2, 0.25) is 0 Å². The van der Waals surface area contributed by atoms with Crippen molar-refractivity contribution in [1.82, 2.24) is 19.9 Å². The number of carbonyl (C=O) groups excluding carboxylic acids is 1. The molecule has 1 fully saturated rings. The van der Waals surface area contributed by atoms with Crippen LogP contribution in [-0.4, -0.2) is 57.7 Å². The largest absolute Gasteiger partial charge is 0.353 e. The van der Waals surface area contributed by atoms with E-state index in [0.717, 1.165) is 30.4 Å². The number of hydrogen-bond acceptors (Lipinski definition) is 6. The first kappa shape index (κ1) is 16.7. The van der Waals surface area contributed by atoms with Crippen molar-refractivity contribution in [1.29, 1.82) is 0 Å². The van der Waals surface area contributed by atoms with Crippen molar-refractivity contribution in [3.05, 3.63) is 41.9 Å². The van der Waals surface area contributed by atoms with Crippen molar-refractivity contribution in [2.24, 2.45) is 0 Å². The topological polar surface area (TPSA) is 62.2 Å². The van der Waals surface area contributed by atoms with Crippen molar-refractivity contribution < 1.29 is 4.79 Å². The molecule has 0 aromatic carbocycles. The summed E-state index contributed by atoms with van der Waals surface area (Å²) < 4.78 is 0. The maximum absolute atomic E-state index is 12.7. The third kappa shape index (κ3) is 3.84. The van der Waals surface area contributed by atoms with Crippen LogP contribution in [0.3, 0.4) is 0 Å². The average Bonchev–Trinajstić information content (AvgIpc) is 2.62. The van der Waals surface area contributed by atoms with Crippen molar-refractivity contribution in [2.75, 3.05) is 36.8 Å². The molecule has 0 N–H and O–H groups in total. The normalized spacial score (nSPS) is 14.8. The number of amides is 1. The first-order valence-corrected chi connectivity index (χ1v) is 9.09. The first-order chi connectivity index (χ1) is 11.7. The van der Waals surface area contributed by atoms with Crippen LogP contribution in [0.1, 0.15) is 23.1 Å². The van der Waals surface area contributed by atoms with Crippen LogP contribution >= 0.6 is 11.8 Å². The van der Waals surface area contributed by atoms with Gasteiger partial charge in [-0.05, 0) is 30.9 Å². The van der Waals surface area contributed by atoms with Gasteiger partial charge in [-0.3, -0.25) is 4.79 Å². The summed E-state index contributed by atoms with van der Waals surface area (Å²) in [4.78, 5) is 30.0. The van der Waals surface area contributed by atoms with Gasteiger partial charge in [0.25, 0.3) is 5.91 Å². The molecule has 1 aliphatic rings. The number of piperazine rings is 1. The Kier molecular flexibility index (Phi) is 5.30. The van der Waals surface area contributed by atoms with E-state index in [9.17, 15) is 4.79 Å². The fraction of sp³-hybridized carbons (Fsp3) is 0.412. The number of hydrogen-bond donors (Lipinski definition) is 0. The Balaban J connectivity index is 1.67. The number of aromatic nitrogens is 3. The number of anilines is 1. The predicted molar refractivity (Wildman–Crippen MR) is 95.5 cm³/mol. The third-order valence-corrected chi connectivity index (χ3v) is 4.60. The predicted octanol–water partition coefficient (Wildman–Crippen LogP) is 2.25. The van der Waals surface area contributed by atoms with Crippen LogP contribution in [0.4, 0.5) is 5.82 Å². The zero-order valence-corrected chi connectivity index (χ0v) is 14.8. The highest BCUT2D eigenvalue weighted by molar-refractivity contribution is 7.99. The van der Waals surface area contributed by atoms with Crippen molar-refractivity contribution in [3.8, 4) is 0 Å². The molecule has 3 rings (SSSR count). The number of pyridine rings is 1. The van der Waals surface area contributed by atoms with Crippen molar-refractivity contribution in [2.45, 2.75) is 19.0 Å². The average molecular weight is 343 g/mol. The van der Waals surface area contributed by atoms with Gasteiger partial charge in [-0.25, -0.2) is 15.0 Å². The second kappa shape index (κ2) is 7.61. The molecule has 1 aliphatic heterocycles. The van der Waals surface area contributed by atoms with E-state index in [0.29, 0.717) is 23.9 Å². The highest BCUT2D eigenvalue weighted by Gasteiger charge is 2.24. The van der Waals surface area contributed by atoms with Crippen LogP contribution in [0.25, 0.3) is 0 Å². The molecule has 3 heterocycles. The first-order valence-electron chi connectivity index (χ1n) is 8.11. The molecule has 0 unspecified atom stereocenters. The molecular weight excluding hydrogens is 322 g/mol. The van der Waals surface area contributed by atoms with Gasteiger partial charge < -0.3 is 9.80 Å². The lowest BCUT2D eigenvalue weighted by Gasteiger charge is -2.35. The number of rotatable bonds is 4. The minimum Gasteiger partial charge on any atom is -0.353 e. The third-order valence-electron chi connectivity index (χ3n) is 3.87. The number of carbonyl (C=O) groups is 1. The fourth-order valence-corrected chi connectivity index (χ4v) is 3.32. The molecule has 7 heteroatoms. The number of thioether (sulfide) groups is 1. The summed E-state index contributed by atoms with van der Waals surface area (Å²) in [6, 6.07) is 7.66. The molecule has 2 aromatic rings. The number of aryl methyl sites for hydroxylation is 1. The van der Waals surface area contributed by atoms with E-state index in [1.807, 2.05) is 30.0 Å². The van der Waals surface area contributed by atoms with Crippen molar-refractivity contribution >= 4 is 23.5 Å². The van der Waals surface area contributed by atoms with E-state index < -0.39 is 0 Å². The fourth-order valence-electron chi connectivity index (χ4n) is 2.69. The molecule has 126 valence electrons. The number of nitrogens with zero attached hydrogens (tertiary/aromatic N) is 5. The smallest absolute Gasteiger partial charge is 0.272 e. The summed E-state index contributed by atoms with van der Waals surface area (Å²) in [5, 5.41) is 0.674. The van der Waals surface area contributed by atoms with E-state index in [1.165, 1.54) is 0 Å². The minimum absolute atomic E-state index is 0.0147. The van der Waals surface area contributed by atoms with Crippen LogP contribution in [0.2, 0.25) is 0 Å². The van der Waals surface area contributed by atoms with Gasteiger partial charge in [0.1, 0.15) is 11.5 Å². The molecule has 0 aliphatic carbocycles. The van der Waals surface area contributed by atoms with Gasteiger partial charge in [-0.15, -0.1) is 0 Å². The lowest BCUT2D eigenvalue weighted by Crippen LogP contribution is -2.49. The summed E-state index contributed by atoms with van der Waals surface area (Å²) >= 11 is 1.56. The van der Waals surface area contributed by atoms with Crippen LogP contribution in [0, 0.1) is 6.92 Å². The zero-order chi connectivity index (χ0) is 16.9. The molecule has 0 saturated carbocycles. The summed E-state index contributed by atoms with van der Waals surface area (Å²) in [5.41, 5.74) is 1.32. The maximum Gasteiger partial charge on any atom is 0.272 e. The zero-order valence-electron chi connectivity index (χ0n) is 14.0. The molecule has 0 bridgehead atoms. The molecule has 6 nitrogen and oxygen atoms in total. The van der Waals surface area contributed by atoms with E-state index in [4.69, 9.17) is 0 Å². The molecular formula is C17H21N5OS. The monoisotopic (exact) mass is 343 g/mol. The Morgan fingerprint density at radius 1 is 1.21 bits per heavy atom. The van der Waals surface area contributed by atoms with E-state index in [-0.39, 0.29) is 5.91 Å². The maximum atomic E-state index is 12.7. The van der Waals surface area contributed by atoms with Crippen LogP contribution in [-0.2, 0) is 0 Å². The van der Waals surface area contributed by atoms with Crippen LogP contribution < -0.4 is 4.90 Å². The lowest BCUT2D eigenvalue weighted by atomic mass is 10.2. The van der Waals surface area contributed by atoms with Crippen LogP contribution in [0.15, 0.2) is 35.6 Å². The second-order valence-electron chi connectivity index (χ2n) is 5.58. The second-order valence-corrected chi connectivity index (χ2v) is 6.81. The molecule has 1 amide bonds. The standard InChI is InChI=1S/C17H21N5OS/c1-3-24-17-19-13(2)12-14(20-17)16(23)22-10-8-21(9-11-22)15-6-4-5-7-18-15/h4-7,12H,3,8-11H2,1-2H3. The Morgan fingerprint density at radius 2 is 2.00 bits per heavy atom. The van der Waals surface area contributed by atoms with Gasteiger partial charge in [-0.2, -0.15) is 0 Å². The Hall–Kier alpha value is -2.15. The summed E-state index contributed by atoms with van der Waals surface area (Å²) in [7, 11) is 0. The highest BCUT2D eigenvalue weighted by atomic mass is 32.2. The molecule has 0 atom stereocenters. The minimum atomic E-state index is -0.0147. The summed E-state index contributed by atoms with van der Waals surface area (Å²) in [6.07, 6.45) is 1.80. The van der Waals surface area contributed by atoms with Crippen LogP contribution in [0.5, 0.6) is 0 Å². The van der Waals surface area contributed by atoms with Crippen molar-refractivity contribution in [3.63, 3.8) is 0 Å². The van der Waals surface area contributed by atoms with Gasteiger partial charge in [0.15, 0.2) is 5.16 Å². The molecule has 1 saturated heterocycles. The van der Waals surface area contributed by atoms with Gasteiger partial charge in [-0.1, -0.05) is 24.8 Å². The van der Waals surface area contributed by atoms with E-state index >= 15 is 0 Å². The Labute approximate surface area is 146 Å². The quantitative estimate of drug-likeness (QED) is 0.627. The van der Waals surface area contributed by atoms with Gasteiger partial charge >= 0.3 is 0 Å². The molecule has 0 spiro atoms. The summed E-state index contributed by atoms with van der Waals surface area (Å²) in [6.45, 7) is 6.86. The molecule has 2 aromatic heterocycles. The SMILES string of the molecule is CCSc1nc(C)cc(C(=O)N2CCN(c3ccccn3)CC2)n1. The lowest BCUT2D eigenvalue weighted by molar-refractivity contribution is 0.0739. The summed E-state index contributed by atoms with van der Waals surface area (Å²) in [5.74, 6) is 1.84. The van der Waals surface area contributed by atoms with E-state index in [2.05, 4.69) is 26.8 Å². The Morgan fingerprint density at radius 3 is 2.67 bits per heavy atom. The van der Waals surface area contributed by atoms with Gasteiger partial charge in [0.05, 0.1) is 0 Å².